The van der Waals surface area contributed by atoms with E-state index in [9.17, 15) is 0 Å². The molecule has 0 spiro atoms. The van der Waals surface area contributed by atoms with Crippen molar-refractivity contribution in [3.8, 4) is 18.4 Å². The van der Waals surface area contributed by atoms with Crippen LogP contribution in [0.15, 0.2) is 12.2 Å². The third-order valence-corrected chi connectivity index (χ3v) is 0.254. The molecule has 0 aromatic heterocycles. The Morgan fingerprint density at radius 3 is 2.33 bits per heavy atom. The van der Waals surface area contributed by atoms with Crippen LogP contribution in [0, 0.1) is 23.7 Å². The Morgan fingerprint density at radius 1 is 1.50 bits per heavy atom. The van der Waals surface area contributed by atoms with Gasteiger partial charge in [0.25, 0.3) is 0 Å². The summed E-state index contributed by atoms with van der Waals surface area (Å²) in [6.07, 6.45) is 7.32. The summed E-state index contributed by atoms with van der Waals surface area (Å²) < 4.78 is 0. The van der Waals surface area contributed by atoms with Gasteiger partial charge in [-0.15, -0.1) is 6.42 Å². The molecule has 0 aliphatic heterocycles. The van der Waals surface area contributed by atoms with Crippen molar-refractivity contribution in [3.05, 3.63) is 12.2 Å². The molecule has 0 aromatic carbocycles. The maximum Gasteiger partial charge on any atom is 0.0918 e. The first-order valence-electron chi connectivity index (χ1n) is 1.42. The lowest BCUT2D eigenvalue weighted by molar-refractivity contribution is 1.53. The highest BCUT2D eigenvalue weighted by atomic mass is 14.2. The molecule has 0 rings (SSSR count). The number of nitrogens with zero attached hydrogens (tertiary/aromatic N) is 1. The van der Waals surface area contributed by atoms with Crippen molar-refractivity contribution in [1.29, 1.82) is 5.26 Å². The van der Waals surface area contributed by atoms with Crippen molar-refractivity contribution in [2.24, 2.45) is 0 Å². The quantitative estimate of drug-likeness (QED) is 0.308. The van der Waals surface area contributed by atoms with Crippen molar-refractivity contribution in [3.63, 3.8) is 0 Å². The van der Waals surface area contributed by atoms with Gasteiger partial charge in [0.1, 0.15) is 0 Å². The van der Waals surface area contributed by atoms with Crippen molar-refractivity contribution >= 4 is 0 Å². The highest BCUT2D eigenvalue weighted by Gasteiger charge is 1.50. The maximum atomic E-state index is 7.76. The van der Waals surface area contributed by atoms with Crippen LogP contribution in [-0.2, 0) is 0 Å². The maximum absolute atomic E-state index is 7.76. The molecule has 28 valence electrons. The molecule has 0 saturated heterocycles. The summed E-state index contributed by atoms with van der Waals surface area (Å²) in [6.45, 7) is 0. The predicted molar refractivity (Wildman–Crippen MR) is 23.6 cm³/mol. The molecular weight excluding hydrogens is 74.1 g/mol. The van der Waals surface area contributed by atoms with Gasteiger partial charge in [-0.2, -0.15) is 5.26 Å². The van der Waals surface area contributed by atoms with Gasteiger partial charge in [0.05, 0.1) is 6.07 Å². The molecule has 0 N–H and O–H groups in total. The van der Waals surface area contributed by atoms with Gasteiger partial charge in [-0.1, -0.05) is 5.92 Å². The highest BCUT2D eigenvalue weighted by molar-refractivity contribution is 5.15. The third-order valence-electron chi connectivity index (χ3n) is 0.254. The molecule has 0 amide bonds. The summed E-state index contributed by atoms with van der Waals surface area (Å²) in [7, 11) is 0. The summed E-state index contributed by atoms with van der Waals surface area (Å²) in [5.74, 6) is 2.17. The molecule has 0 fully saturated rings. The second-order valence-corrected chi connectivity index (χ2v) is 0.629. The van der Waals surface area contributed by atoms with Crippen molar-refractivity contribution in [2.75, 3.05) is 0 Å². The minimum atomic E-state index is 1.25. The molecular formula is C5H3N. The molecule has 0 aliphatic rings. The number of hydrogen-bond acceptors (Lipinski definition) is 1. The second-order valence-electron chi connectivity index (χ2n) is 0.629. The zero-order valence-electron chi connectivity index (χ0n) is 3.18. The molecule has 0 unspecified atom stereocenters. The van der Waals surface area contributed by atoms with Crippen LogP contribution in [-0.4, -0.2) is 0 Å². The number of rotatable bonds is 0. The van der Waals surface area contributed by atoms with Crippen LogP contribution >= 0.6 is 0 Å². The van der Waals surface area contributed by atoms with Crippen molar-refractivity contribution < 1.29 is 0 Å². The Balaban J connectivity index is 3.36. The lowest BCUT2D eigenvalue weighted by Crippen LogP contribution is -1.40. The van der Waals surface area contributed by atoms with E-state index < -0.39 is 0 Å². The van der Waals surface area contributed by atoms with Crippen molar-refractivity contribution in [2.45, 2.75) is 0 Å². The second kappa shape index (κ2) is 3.79. The van der Waals surface area contributed by atoms with Gasteiger partial charge in [-0.25, -0.2) is 0 Å². The number of terminal acetylenes is 1. The first-order valence-corrected chi connectivity index (χ1v) is 1.42. The van der Waals surface area contributed by atoms with E-state index >= 15 is 0 Å². The van der Waals surface area contributed by atoms with E-state index in [-0.39, 0.29) is 0 Å². The van der Waals surface area contributed by atoms with Gasteiger partial charge < -0.3 is 0 Å². The molecule has 0 radical (unpaired) electrons. The summed E-state index contributed by atoms with van der Waals surface area (Å²) in [5.41, 5.74) is 0. The Hall–Kier alpha value is -1.21. The van der Waals surface area contributed by atoms with E-state index in [0.717, 1.165) is 0 Å². The van der Waals surface area contributed by atoms with Gasteiger partial charge in [0.15, 0.2) is 0 Å². The standard InChI is InChI=1S/C5H3N/c1-2-3-4-5-6/h1,3-4H. The smallest absolute Gasteiger partial charge is 0.0918 e. The zero-order valence-corrected chi connectivity index (χ0v) is 3.18. The van der Waals surface area contributed by atoms with Crippen molar-refractivity contribution in [1.82, 2.24) is 0 Å². The largest absolute Gasteiger partial charge is 0.193 e. The Morgan fingerprint density at radius 2 is 2.17 bits per heavy atom. The molecule has 0 bridgehead atoms. The first kappa shape index (κ1) is 4.79. The third kappa shape index (κ3) is 2.79. The Labute approximate surface area is 36.9 Å². The van der Waals surface area contributed by atoms with Gasteiger partial charge in [0, 0.05) is 6.08 Å². The van der Waals surface area contributed by atoms with E-state index in [1.54, 1.807) is 6.07 Å². The molecule has 1 nitrogen and oxygen atoms in total. The van der Waals surface area contributed by atoms with Crippen LogP contribution in [0.3, 0.4) is 0 Å². The van der Waals surface area contributed by atoms with Crippen LogP contribution in [0.4, 0.5) is 0 Å². The topological polar surface area (TPSA) is 23.8 Å². The highest BCUT2D eigenvalue weighted by Crippen LogP contribution is 1.59. The van der Waals surface area contributed by atoms with E-state index in [2.05, 4.69) is 5.92 Å². The molecule has 0 saturated carbocycles. The lowest BCUT2D eigenvalue weighted by atomic mass is 10.5. The molecule has 0 aliphatic carbocycles. The van der Waals surface area contributed by atoms with E-state index in [1.807, 2.05) is 0 Å². The predicted octanol–water partition coefficient (Wildman–Crippen LogP) is 0.699. The fourth-order valence-corrected chi connectivity index (χ4v) is 0.0854. The molecule has 0 heterocycles. The SMILES string of the molecule is C#CC=CC#N. The molecule has 1 heteroatoms. The number of nitriles is 1. The van der Waals surface area contributed by atoms with E-state index in [0.29, 0.717) is 0 Å². The number of hydrogen-bond donors (Lipinski definition) is 0. The molecule has 6 heavy (non-hydrogen) atoms. The molecule has 0 atom stereocenters. The van der Waals surface area contributed by atoms with Crippen LogP contribution < -0.4 is 0 Å². The van der Waals surface area contributed by atoms with E-state index in [4.69, 9.17) is 11.7 Å². The fraction of sp³-hybridized carbons (Fsp3) is 0. The van der Waals surface area contributed by atoms with Gasteiger partial charge in [-0.3, -0.25) is 0 Å². The summed E-state index contributed by atoms with van der Waals surface area (Å²) in [6, 6.07) is 1.75. The Bertz CT molecular complexity index is 104. The summed E-state index contributed by atoms with van der Waals surface area (Å²) in [5, 5.41) is 7.76. The average Bonchev–Trinajstić information content (AvgIpc) is 1.61. The Kier molecular flexibility index (Phi) is 3.03. The van der Waals surface area contributed by atoms with Gasteiger partial charge in [-0.05, 0) is 6.08 Å². The van der Waals surface area contributed by atoms with Gasteiger partial charge in [0.2, 0.25) is 0 Å². The van der Waals surface area contributed by atoms with Crippen LogP contribution in [0.5, 0.6) is 0 Å². The van der Waals surface area contributed by atoms with Crippen LogP contribution in [0.25, 0.3) is 0 Å². The first-order chi connectivity index (χ1) is 2.91. The van der Waals surface area contributed by atoms with Crippen LogP contribution in [0.1, 0.15) is 0 Å². The minimum absolute atomic E-state index is 1.25. The average molecular weight is 77.1 g/mol. The number of allylic oxidation sites excluding steroid dienone is 2. The monoisotopic (exact) mass is 77.0 g/mol. The normalized spacial score (nSPS) is 7.00. The van der Waals surface area contributed by atoms with Crippen LogP contribution in [0.2, 0.25) is 0 Å². The minimum Gasteiger partial charge on any atom is -0.193 e. The molecule has 0 aromatic rings. The summed E-state index contributed by atoms with van der Waals surface area (Å²) >= 11 is 0. The lowest BCUT2D eigenvalue weighted by Gasteiger charge is -1.50. The summed E-state index contributed by atoms with van der Waals surface area (Å²) in [4.78, 5) is 0. The van der Waals surface area contributed by atoms with Gasteiger partial charge >= 0.3 is 0 Å². The fourth-order valence-electron chi connectivity index (χ4n) is 0.0854. The van der Waals surface area contributed by atoms with E-state index in [1.165, 1.54) is 12.2 Å². The zero-order chi connectivity index (χ0) is 4.83.